The van der Waals surface area contributed by atoms with Gasteiger partial charge >= 0.3 is 0 Å². The van der Waals surface area contributed by atoms with Crippen molar-refractivity contribution in [3.05, 3.63) is 0 Å². The summed E-state index contributed by atoms with van der Waals surface area (Å²) in [5, 5.41) is 3.05. The highest BCUT2D eigenvalue weighted by Gasteiger charge is 2.52. The Bertz CT molecular complexity index is 402. The fraction of sp³-hybridized carbons (Fsp3) is 0.875. The van der Waals surface area contributed by atoms with Gasteiger partial charge in [0, 0.05) is 13.7 Å². The lowest BCUT2D eigenvalue weighted by Crippen LogP contribution is -2.71. The number of piperazine rings is 1. The molecule has 2 aliphatic rings. The second-order valence-electron chi connectivity index (χ2n) is 6.99. The standard InChI is InChI=1S/C16H28N2O3/c1-11(2)13-14(19)17-16(7-5-6-8-16)15(20)18(13)9-12(3)10-21-4/h11-13H,5-10H2,1-4H3,(H,17,19). The minimum Gasteiger partial charge on any atom is -0.384 e. The summed E-state index contributed by atoms with van der Waals surface area (Å²) in [7, 11) is 1.67. The molecular weight excluding hydrogens is 268 g/mol. The quantitative estimate of drug-likeness (QED) is 0.837. The summed E-state index contributed by atoms with van der Waals surface area (Å²) in [5.74, 6) is 0.462. The molecule has 0 aromatic carbocycles. The highest BCUT2D eigenvalue weighted by atomic mass is 16.5. The summed E-state index contributed by atoms with van der Waals surface area (Å²) in [4.78, 5) is 27.4. The van der Waals surface area contributed by atoms with Crippen LogP contribution in [0.25, 0.3) is 0 Å². The number of hydrogen-bond acceptors (Lipinski definition) is 3. The molecule has 1 aliphatic carbocycles. The molecule has 120 valence electrons. The average molecular weight is 296 g/mol. The minimum atomic E-state index is -0.630. The lowest BCUT2D eigenvalue weighted by Gasteiger charge is -2.46. The van der Waals surface area contributed by atoms with Gasteiger partial charge in [-0.1, -0.05) is 33.6 Å². The third kappa shape index (κ3) is 3.07. The van der Waals surface area contributed by atoms with Gasteiger partial charge in [0.25, 0.3) is 0 Å². The van der Waals surface area contributed by atoms with Gasteiger partial charge in [-0.2, -0.15) is 0 Å². The van der Waals surface area contributed by atoms with E-state index in [9.17, 15) is 9.59 Å². The van der Waals surface area contributed by atoms with Gasteiger partial charge in [-0.15, -0.1) is 0 Å². The summed E-state index contributed by atoms with van der Waals surface area (Å²) in [6, 6.07) is -0.358. The van der Waals surface area contributed by atoms with Crippen LogP contribution in [0.2, 0.25) is 0 Å². The normalized spacial score (nSPS) is 26.5. The van der Waals surface area contributed by atoms with Crippen LogP contribution in [0, 0.1) is 11.8 Å². The number of carbonyl (C=O) groups excluding carboxylic acids is 2. The smallest absolute Gasteiger partial charge is 0.249 e. The van der Waals surface area contributed by atoms with Crippen molar-refractivity contribution in [2.75, 3.05) is 20.3 Å². The van der Waals surface area contributed by atoms with Crippen molar-refractivity contribution in [3.63, 3.8) is 0 Å². The maximum absolute atomic E-state index is 13.0. The fourth-order valence-electron chi connectivity index (χ4n) is 3.76. The predicted molar refractivity (Wildman–Crippen MR) is 80.7 cm³/mol. The van der Waals surface area contributed by atoms with Crippen LogP contribution in [0.5, 0.6) is 0 Å². The summed E-state index contributed by atoms with van der Waals surface area (Å²) in [5.41, 5.74) is -0.630. The van der Waals surface area contributed by atoms with Gasteiger partial charge in [0.15, 0.2) is 0 Å². The molecule has 0 bridgehead atoms. The molecule has 2 atom stereocenters. The van der Waals surface area contributed by atoms with E-state index in [1.54, 1.807) is 7.11 Å². The van der Waals surface area contributed by atoms with E-state index >= 15 is 0 Å². The van der Waals surface area contributed by atoms with E-state index in [0.29, 0.717) is 13.2 Å². The van der Waals surface area contributed by atoms with Crippen LogP contribution in [0.4, 0.5) is 0 Å². The van der Waals surface area contributed by atoms with Gasteiger partial charge in [0.2, 0.25) is 11.8 Å². The van der Waals surface area contributed by atoms with Crippen LogP contribution in [0.15, 0.2) is 0 Å². The van der Waals surface area contributed by atoms with Crippen LogP contribution in [0.1, 0.15) is 46.5 Å². The van der Waals surface area contributed by atoms with Crippen molar-refractivity contribution >= 4 is 11.8 Å². The van der Waals surface area contributed by atoms with E-state index in [1.165, 1.54) is 0 Å². The number of methoxy groups -OCH3 is 1. The van der Waals surface area contributed by atoms with Gasteiger partial charge in [-0.3, -0.25) is 9.59 Å². The van der Waals surface area contributed by atoms with E-state index in [4.69, 9.17) is 4.74 Å². The molecule has 1 heterocycles. The van der Waals surface area contributed by atoms with Crippen LogP contribution >= 0.6 is 0 Å². The maximum Gasteiger partial charge on any atom is 0.249 e. The van der Waals surface area contributed by atoms with Crippen LogP contribution in [-0.2, 0) is 14.3 Å². The molecule has 2 amide bonds. The molecule has 1 saturated heterocycles. The Morgan fingerprint density at radius 3 is 2.43 bits per heavy atom. The van der Waals surface area contributed by atoms with Gasteiger partial charge in [0.1, 0.15) is 11.6 Å². The summed E-state index contributed by atoms with van der Waals surface area (Å²) >= 11 is 0. The molecule has 0 aromatic heterocycles. The second kappa shape index (κ2) is 6.34. The van der Waals surface area contributed by atoms with Gasteiger partial charge in [0.05, 0.1) is 6.61 Å². The van der Waals surface area contributed by atoms with Crippen molar-refractivity contribution in [2.24, 2.45) is 11.8 Å². The van der Waals surface area contributed by atoms with Crippen LogP contribution < -0.4 is 5.32 Å². The number of nitrogens with one attached hydrogen (secondary N) is 1. The van der Waals surface area contributed by atoms with Crippen LogP contribution in [0.3, 0.4) is 0 Å². The average Bonchev–Trinajstić information content (AvgIpc) is 2.85. The molecular formula is C16H28N2O3. The van der Waals surface area contributed by atoms with E-state index in [0.717, 1.165) is 25.7 Å². The Morgan fingerprint density at radius 1 is 1.29 bits per heavy atom. The first-order chi connectivity index (χ1) is 9.91. The highest BCUT2D eigenvalue weighted by molar-refractivity contribution is 6.00. The Balaban J connectivity index is 2.24. The third-order valence-corrected chi connectivity index (χ3v) is 4.69. The number of nitrogens with zero attached hydrogens (tertiary/aromatic N) is 1. The van der Waals surface area contributed by atoms with Crippen molar-refractivity contribution in [1.82, 2.24) is 10.2 Å². The van der Waals surface area contributed by atoms with E-state index in [1.807, 2.05) is 18.7 Å². The third-order valence-electron chi connectivity index (χ3n) is 4.69. The SMILES string of the molecule is COCC(C)CN1C(=O)C2(CCCC2)NC(=O)C1C(C)C. The molecule has 1 saturated carbocycles. The molecule has 1 aliphatic heterocycles. The maximum atomic E-state index is 13.0. The number of hydrogen-bond donors (Lipinski definition) is 1. The molecule has 5 heteroatoms. The number of carbonyl (C=O) groups is 2. The Hall–Kier alpha value is -1.10. The van der Waals surface area contributed by atoms with Gasteiger partial charge < -0.3 is 15.0 Å². The van der Waals surface area contributed by atoms with Crippen molar-refractivity contribution in [3.8, 4) is 0 Å². The lowest BCUT2D eigenvalue weighted by atomic mass is 9.87. The molecule has 2 rings (SSSR count). The largest absolute Gasteiger partial charge is 0.384 e. The first-order valence-corrected chi connectivity index (χ1v) is 8.03. The Labute approximate surface area is 127 Å². The monoisotopic (exact) mass is 296 g/mol. The van der Waals surface area contributed by atoms with E-state index in [-0.39, 0.29) is 29.7 Å². The first-order valence-electron chi connectivity index (χ1n) is 8.03. The van der Waals surface area contributed by atoms with E-state index < -0.39 is 5.54 Å². The number of amides is 2. The van der Waals surface area contributed by atoms with E-state index in [2.05, 4.69) is 12.2 Å². The lowest BCUT2D eigenvalue weighted by molar-refractivity contribution is -0.157. The molecule has 1 spiro atoms. The van der Waals surface area contributed by atoms with Gasteiger partial charge in [-0.05, 0) is 24.7 Å². The van der Waals surface area contributed by atoms with Crippen LogP contribution in [-0.4, -0.2) is 48.6 Å². The van der Waals surface area contributed by atoms with Crippen molar-refractivity contribution in [2.45, 2.75) is 58.0 Å². The Morgan fingerprint density at radius 2 is 1.90 bits per heavy atom. The second-order valence-corrected chi connectivity index (χ2v) is 6.99. The minimum absolute atomic E-state index is 0.0103. The molecule has 21 heavy (non-hydrogen) atoms. The molecule has 0 radical (unpaired) electrons. The molecule has 2 unspecified atom stereocenters. The first kappa shape index (κ1) is 16.3. The zero-order valence-electron chi connectivity index (χ0n) is 13.6. The van der Waals surface area contributed by atoms with Crippen molar-refractivity contribution in [1.29, 1.82) is 0 Å². The molecule has 0 aromatic rings. The predicted octanol–water partition coefficient (Wildman–Crippen LogP) is 1.56. The molecule has 5 nitrogen and oxygen atoms in total. The summed E-state index contributed by atoms with van der Waals surface area (Å²) < 4.78 is 5.18. The zero-order valence-corrected chi connectivity index (χ0v) is 13.6. The fourth-order valence-corrected chi connectivity index (χ4v) is 3.76. The topological polar surface area (TPSA) is 58.6 Å². The highest BCUT2D eigenvalue weighted by Crippen LogP contribution is 2.36. The number of rotatable bonds is 5. The zero-order chi connectivity index (χ0) is 15.6. The van der Waals surface area contributed by atoms with Crippen molar-refractivity contribution < 1.29 is 14.3 Å². The van der Waals surface area contributed by atoms with Gasteiger partial charge in [-0.25, -0.2) is 0 Å². The molecule has 2 fully saturated rings. The summed E-state index contributed by atoms with van der Waals surface area (Å²) in [6.45, 7) is 7.24. The Kier molecular flexibility index (Phi) is 4.91. The summed E-state index contributed by atoms with van der Waals surface area (Å²) in [6.07, 6.45) is 3.58. The number of ether oxygens (including phenoxy) is 1. The molecule has 1 N–H and O–H groups in total.